The van der Waals surface area contributed by atoms with Crippen LogP contribution in [0.1, 0.15) is 35.7 Å². The van der Waals surface area contributed by atoms with Crippen LogP contribution in [-0.4, -0.2) is 43.1 Å². The van der Waals surface area contributed by atoms with Crippen LogP contribution in [0.4, 0.5) is 4.39 Å². The van der Waals surface area contributed by atoms with Crippen molar-refractivity contribution in [1.82, 2.24) is 30.0 Å². The van der Waals surface area contributed by atoms with Crippen molar-refractivity contribution in [2.24, 2.45) is 0 Å². The Morgan fingerprint density at radius 1 is 1.09 bits per heavy atom. The minimum absolute atomic E-state index is 0.297. The van der Waals surface area contributed by atoms with Crippen LogP contribution in [0.25, 0.3) is 21.9 Å². The number of hydrogen-bond donors (Lipinski definition) is 1. The van der Waals surface area contributed by atoms with Gasteiger partial charge in [0.25, 0.3) is 0 Å². The summed E-state index contributed by atoms with van der Waals surface area (Å²) in [6.45, 7) is 3.52. The number of hydrogen-bond acceptors (Lipinski definition) is 5. The van der Waals surface area contributed by atoms with E-state index in [1.165, 1.54) is 28.6 Å². The normalized spacial score (nSPS) is 15.7. The number of para-hydroxylation sites is 1. The van der Waals surface area contributed by atoms with Gasteiger partial charge in [0, 0.05) is 53.8 Å². The van der Waals surface area contributed by atoms with E-state index >= 15 is 0 Å². The third-order valence-corrected chi connectivity index (χ3v) is 6.69. The molecular formula is C25H25FN6O. The molecule has 1 saturated heterocycles. The van der Waals surface area contributed by atoms with E-state index in [9.17, 15) is 4.39 Å². The van der Waals surface area contributed by atoms with Crippen molar-refractivity contribution in [2.45, 2.75) is 38.3 Å². The van der Waals surface area contributed by atoms with E-state index in [2.05, 4.69) is 55.9 Å². The minimum Gasteiger partial charge on any atom is -0.361 e. The van der Waals surface area contributed by atoms with Crippen molar-refractivity contribution in [1.29, 1.82) is 0 Å². The third-order valence-electron chi connectivity index (χ3n) is 6.69. The molecule has 0 saturated carbocycles. The number of H-pyrrole nitrogens is 1. The Labute approximate surface area is 190 Å². The highest BCUT2D eigenvalue weighted by Gasteiger charge is 2.25. The van der Waals surface area contributed by atoms with Gasteiger partial charge in [-0.05, 0) is 56.1 Å². The Bertz CT molecular complexity index is 1390. The van der Waals surface area contributed by atoms with Crippen molar-refractivity contribution in [3.05, 3.63) is 77.6 Å². The number of aryl methyl sites for hydroxylation is 2. The topological polar surface area (TPSA) is 75.8 Å². The molecule has 4 heterocycles. The first kappa shape index (κ1) is 20.1. The van der Waals surface area contributed by atoms with E-state index in [4.69, 9.17) is 4.52 Å². The maximum atomic E-state index is 13.4. The molecule has 7 nitrogen and oxygen atoms in total. The summed E-state index contributed by atoms with van der Waals surface area (Å²) in [5.74, 6) is 0.0364. The summed E-state index contributed by atoms with van der Waals surface area (Å²) < 4.78 is 20.7. The summed E-state index contributed by atoms with van der Waals surface area (Å²) in [6, 6.07) is 13.0. The molecule has 1 fully saturated rings. The number of likely N-dealkylation sites (tertiary alicyclic amines) is 1. The van der Waals surface area contributed by atoms with Crippen molar-refractivity contribution >= 4 is 21.9 Å². The molecule has 1 aliphatic rings. The number of fused-ring (bicyclic) bond motifs is 2. The molecule has 0 amide bonds. The van der Waals surface area contributed by atoms with Gasteiger partial charge in [0.1, 0.15) is 5.82 Å². The van der Waals surface area contributed by atoms with E-state index in [-0.39, 0.29) is 5.82 Å². The molecule has 6 rings (SSSR count). The van der Waals surface area contributed by atoms with E-state index in [0.29, 0.717) is 11.5 Å². The second kappa shape index (κ2) is 8.44. The van der Waals surface area contributed by atoms with Gasteiger partial charge < -0.3 is 9.51 Å². The van der Waals surface area contributed by atoms with Gasteiger partial charge in [-0.3, -0.25) is 9.58 Å². The highest BCUT2D eigenvalue weighted by Crippen LogP contribution is 2.33. The average Bonchev–Trinajstić information content (AvgIpc) is 3.56. The van der Waals surface area contributed by atoms with E-state index in [1.807, 2.05) is 10.7 Å². The van der Waals surface area contributed by atoms with Gasteiger partial charge in [0.2, 0.25) is 0 Å². The monoisotopic (exact) mass is 444 g/mol. The fourth-order valence-corrected chi connectivity index (χ4v) is 4.91. The first-order valence-electron chi connectivity index (χ1n) is 11.4. The molecule has 168 valence electrons. The number of nitrogens with one attached hydrogen (secondary N) is 1. The van der Waals surface area contributed by atoms with Gasteiger partial charge in [-0.1, -0.05) is 28.6 Å². The van der Waals surface area contributed by atoms with Gasteiger partial charge >= 0.3 is 0 Å². The van der Waals surface area contributed by atoms with E-state index < -0.39 is 0 Å². The summed E-state index contributed by atoms with van der Waals surface area (Å²) in [6.07, 6.45) is 7.04. The van der Waals surface area contributed by atoms with Crippen molar-refractivity contribution < 1.29 is 8.91 Å². The molecule has 1 aliphatic heterocycles. The third kappa shape index (κ3) is 4.02. The number of benzene rings is 2. The Balaban J connectivity index is 1.04. The Morgan fingerprint density at radius 3 is 2.88 bits per heavy atom. The Kier molecular flexibility index (Phi) is 5.14. The first-order valence-corrected chi connectivity index (χ1v) is 11.4. The lowest BCUT2D eigenvalue weighted by Gasteiger charge is -2.30. The lowest BCUT2D eigenvalue weighted by molar-refractivity contribution is 0.199. The summed E-state index contributed by atoms with van der Waals surface area (Å²) in [4.78, 5) is 5.74. The van der Waals surface area contributed by atoms with Gasteiger partial charge in [0.05, 0.1) is 11.4 Å². The largest absolute Gasteiger partial charge is 0.361 e. The molecule has 0 aliphatic carbocycles. The smallest absolute Gasteiger partial charge is 0.170 e. The molecule has 0 spiro atoms. The molecule has 33 heavy (non-hydrogen) atoms. The van der Waals surface area contributed by atoms with Gasteiger partial charge in [-0.2, -0.15) is 0 Å². The fourth-order valence-electron chi connectivity index (χ4n) is 4.91. The molecule has 0 radical (unpaired) electrons. The summed E-state index contributed by atoms with van der Waals surface area (Å²) in [7, 11) is 0. The zero-order valence-electron chi connectivity index (χ0n) is 18.2. The highest BCUT2D eigenvalue weighted by atomic mass is 19.1. The van der Waals surface area contributed by atoms with Crippen molar-refractivity contribution in [3.8, 4) is 0 Å². The van der Waals surface area contributed by atoms with Crippen molar-refractivity contribution in [3.63, 3.8) is 0 Å². The molecule has 0 atom stereocenters. The van der Waals surface area contributed by atoms with Crippen LogP contribution in [0.2, 0.25) is 0 Å². The lowest BCUT2D eigenvalue weighted by Crippen LogP contribution is -2.32. The van der Waals surface area contributed by atoms with Crippen LogP contribution in [0, 0.1) is 5.82 Å². The first-order chi connectivity index (χ1) is 16.2. The fraction of sp³-hybridized carbons (Fsp3) is 0.320. The molecule has 2 aromatic carbocycles. The van der Waals surface area contributed by atoms with E-state index in [1.54, 1.807) is 6.07 Å². The number of piperidine rings is 1. The summed E-state index contributed by atoms with van der Waals surface area (Å²) in [5.41, 5.74) is 4.94. The zero-order chi connectivity index (χ0) is 22.2. The lowest BCUT2D eigenvalue weighted by atomic mass is 9.91. The molecule has 0 bridgehead atoms. The van der Waals surface area contributed by atoms with E-state index in [0.717, 1.165) is 62.2 Å². The van der Waals surface area contributed by atoms with Gasteiger partial charge in [-0.25, -0.2) is 4.39 Å². The highest BCUT2D eigenvalue weighted by molar-refractivity contribution is 5.83. The average molecular weight is 445 g/mol. The molecule has 8 heteroatoms. The second-order valence-electron chi connectivity index (χ2n) is 8.84. The van der Waals surface area contributed by atoms with Gasteiger partial charge in [-0.15, -0.1) is 5.10 Å². The standard InChI is InChI=1S/C25H25FN6O/c26-19-5-6-22-24(13-19)33-29-25(22)17-7-10-31(11-8-17)15-20-16-32(30-28-20)12-9-18-14-27-23-4-2-1-3-21(18)23/h1-6,13-14,16-17,27H,7-12,15H2. The number of nitrogens with zero attached hydrogens (tertiary/aromatic N) is 5. The number of aromatic amines is 1. The molecule has 0 unspecified atom stereocenters. The van der Waals surface area contributed by atoms with Crippen LogP contribution >= 0.6 is 0 Å². The Morgan fingerprint density at radius 2 is 1.97 bits per heavy atom. The predicted molar refractivity (Wildman–Crippen MR) is 123 cm³/mol. The predicted octanol–water partition coefficient (Wildman–Crippen LogP) is 4.66. The SMILES string of the molecule is Fc1ccc2c(C3CCN(Cc4cn(CCc5c[nH]c6ccccc56)nn4)CC3)noc2c1. The number of halogens is 1. The number of rotatable bonds is 6. The zero-order valence-corrected chi connectivity index (χ0v) is 18.2. The summed E-state index contributed by atoms with van der Waals surface area (Å²) in [5, 5.41) is 15.2. The molecule has 1 N–H and O–H groups in total. The van der Waals surface area contributed by atoms with Crippen LogP contribution in [-0.2, 0) is 19.5 Å². The Hall–Kier alpha value is -3.52. The maximum Gasteiger partial charge on any atom is 0.170 e. The molecular weight excluding hydrogens is 419 g/mol. The van der Waals surface area contributed by atoms with Crippen LogP contribution in [0.15, 0.2) is 59.4 Å². The quantitative estimate of drug-likeness (QED) is 0.412. The molecule has 3 aromatic heterocycles. The summed E-state index contributed by atoms with van der Waals surface area (Å²) >= 11 is 0. The van der Waals surface area contributed by atoms with Crippen molar-refractivity contribution in [2.75, 3.05) is 13.1 Å². The van der Waals surface area contributed by atoms with Crippen LogP contribution < -0.4 is 0 Å². The second-order valence-corrected chi connectivity index (χ2v) is 8.84. The molecule has 5 aromatic rings. The van der Waals surface area contributed by atoms with Crippen LogP contribution in [0.3, 0.4) is 0 Å². The number of aromatic nitrogens is 5. The van der Waals surface area contributed by atoms with Crippen LogP contribution in [0.5, 0.6) is 0 Å². The maximum absolute atomic E-state index is 13.4. The minimum atomic E-state index is -0.297. The van der Waals surface area contributed by atoms with Gasteiger partial charge in [0.15, 0.2) is 5.58 Å².